The summed E-state index contributed by atoms with van der Waals surface area (Å²) in [5.41, 5.74) is 10.7. The number of anilines is 1. The molecule has 0 radical (unpaired) electrons. The molecule has 5 heteroatoms. The Kier molecular flexibility index (Phi) is 5.90. The first kappa shape index (κ1) is 19.3. The lowest BCUT2D eigenvalue weighted by Crippen LogP contribution is -2.34. The number of nitrogens with one attached hydrogen (secondary N) is 1. The van der Waals surface area contributed by atoms with Crippen molar-refractivity contribution in [1.82, 2.24) is 5.32 Å². The first-order valence-electron chi connectivity index (χ1n) is 10.9. The molecule has 0 aromatic heterocycles. The van der Waals surface area contributed by atoms with Gasteiger partial charge in [-0.3, -0.25) is 4.99 Å². The summed E-state index contributed by atoms with van der Waals surface area (Å²) < 4.78 is 6.54. The van der Waals surface area contributed by atoms with E-state index in [0.717, 1.165) is 68.5 Å². The van der Waals surface area contributed by atoms with E-state index in [0.29, 0.717) is 18.2 Å². The summed E-state index contributed by atoms with van der Waals surface area (Å²) in [6, 6.07) is 5.35. The van der Waals surface area contributed by atoms with Gasteiger partial charge in [0.25, 0.3) is 0 Å². The molecule has 1 atom stereocenters. The maximum Gasteiger partial charge on any atom is 0.132 e. The number of rotatable bonds is 5. The van der Waals surface area contributed by atoms with Crippen molar-refractivity contribution in [3.05, 3.63) is 29.5 Å². The van der Waals surface area contributed by atoms with Crippen molar-refractivity contribution in [2.24, 2.45) is 10.7 Å². The molecule has 2 fully saturated rings. The van der Waals surface area contributed by atoms with Crippen LogP contribution >= 0.6 is 0 Å². The van der Waals surface area contributed by atoms with Crippen molar-refractivity contribution in [2.75, 3.05) is 25.0 Å². The lowest BCUT2D eigenvalue weighted by Gasteiger charge is -2.37. The van der Waals surface area contributed by atoms with Crippen LogP contribution in [0.3, 0.4) is 0 Å². The van der Waals surface area contributed by atoms with Gasteiger partial charge in [0.2, 0.25) is 0 Å². The summed E-state index contributed by atoms with van der Waals surface area (Å²) in [6.07, 6.45) is 12.0. The summed E-state index contributed by atoms with van der Waals surface area (Å²) in [5, 5.41) is 3.40. The van der Waals surface area contributed by atoms with E-state index >= 15 is 0 Å². The molecule has 1 aromatic rings. The molecule has 3 N–H and O–H groups in total. The lowest BCUT2D eigenvalue weighted by molar-refractivity contribution is 0.118. The summed E-state index contributed by atoms with van der Waals surface area (Å²) in [4.78, 5) is 7.23. The van der Waals surface area contributed by atoms with Crippen LogP contribution in [0.5, 0.6) is 5.75 Å². The lowest BCUT2D eigenvalue weighted by atomic mass is 9.91. The first-order chi connectivity index (χ1) is 13.7. The zero-order valence-corrected chi connectivity index (χ0v) is 17.3. The minimum absolute atomic E-state index is 0.343. The summed E-state index contributed by atoms with van der Waals surface area (Å²) >= 11 is 0. The van der Waals surface area contributed by atoms with Gasteiger partial charge in [0, 0.05) is 47.9 Å². The normalized spacial score (nSPS) is 24.3. The molecule has 1 saturated heterocycles. The van der Waals surface area contributed by atoms with E-state index in [1.807, 2.05) is 6.21 Å². The van der Waals surface area contributed by atoms with Gasteiger partial charge in [0.1, 0.15) is 5.75 Å². The molecule has 0 spiro atoms. The number of fused-ring (bicyclic) bond motifs is 1. The van der Waals surface area contributed by atoms with Crippen LogP contribution in [0.15, 0.2) is 23.3 Å². The third-order valence-electron chi connectivity index (χ3n) is 6.65. The Morgan fingerprint density at radius 1 is 1.21 bits per heavy atom. The molecule has 2 heterocycles. The molecule has 1 aromatic carbocycles. The molecule has 1 unspecified atom stereocenters. The van der Waals surface area contributed by atoms with Crippen molar-refractivity contribution in [3.63, 3.8) is 0 Å². The van der Waals surface area contributed by atoms with Crippen LogP contribution in [0.25, 0.3) is 5.57 Å². The average Bonchev–Trinajstić information content (AvgIpc) is 2.69. The highest BCUT2D eigenvalue weighted by molar-refractivity contribution is 6.11. The highest BCUT2D eigenvalue weighted by Gasteiger charge is 2.28. The van der Waals surface area contributed by atoms with Crippen LogP contribution in [-0.4, -0.2) is 44.5 Å². The minimum Gasteiger partial charge on any atom is -0.489 e. The van der Waals surface area contributed by atoms with Crippen molar-refractivity contribution in [3.8, 4) is 5.75 Å². The molecular formula is C23H34N4O. The third-order valence-corrected chi connectivity index (χ3v) is 6.65. The Bertz CT molecular complexity index is 747. The number of ether oxygens (including phenoxy) is 1. The highest BCUT2D eigenvalue weighted by Crippen LogP contribution is 2.42. The molecule has 0 amide bonds. The largest absolute Gasteiger partial charge is 0.489 e. The molecule has 2 aliphatic heterocycles. The molecule has 1 saturated carbocycles. The molecule has 152 valence electrons. The third kappa shape index (κ3) is 3.90. The quantitative estimate of drug-likeness (QED) is 0.765. The topological polar surface area (TPSA) is 62.9 Å². The van der Waals surface area contributed by atoms with Gasteiger partial charge >= 0.3 is 0 Å². The van der Waals surface area contributed by atoms with Crippen molar-refractivity contribution < 1.29 is 4.74 Å². The Morgan fingerprint density at radius 3 is 2.68 bits per heavy atom. The minimum atomic E-state index is 0.343. The second kappa shape index (κ2) is 8.56. The molecule has 28 heavy (non-hydrogen) atoms. The van der Waals surface area contributed by atoms with E-state index in [4.69, 9.17) is 15.5 Å². The van der Waals surface area contributed by atoms with Gasteiger partial charge in [-0.1, -0.05) is 0 Å². The fourth-order valence-electron chi connectivity index (χ4n) is 4.33. The molecule has 0 bridgehead atoms. The van der Waals surface area contributed by atoms with Crippen LogP contribution in [0.2, 0.25) is 0 Å². The predicted molar refractivity (Wildman–Crippen MR) is 117 cm³/mol. The molecule has 5 nitrogen and oxygen atoms in total. The van der Waals surface area contributed by atoms with E-state index in [-0.39, 0.29) is 0 Å². The Balaban J connectivity index is 1.67. The number of aliphatic imine (C=N–C) groups is 1. The molecular weight excluding hydrogens is 348 g/mol. The SMILES string of the molecule is CC1CCc2c(ccc(/C(C=NC3CCNCC3)=C/N)c2OC2CCC2)N1C. The van der Waals surface area contributed by atoms with Crippen LogP contribution in [0.4, 0.5) is 5.69 Å². The number of hydrogen-bond donors (Lipinski definition) is 2. The monoisotopic (exact) mass is 382 g/mol. The van der Waals surface area contributed by atoms with Crippen LogP contribution in [0, 0.1) is 0 Å². The van der Waals surface area contributed by atoms with Gasteiger partial charge < -0.3 is 20.7 Å². The first-order valence-corrected chi connectivity index (χ1v) is 10.9. The van der Waals surface area contributed by atoms with E-state index in [1.165, 1.54) is 17.7 Å². The Hall–Kier alpha value is -2.01. The summed E-state index contributed by atoms with van der Waals surface area (Å²) in [5.74, 6) is 1.04. The fraction of sp³-hybridized carbons (Fsp3) is 0.609. The van der Waals surface area contributed by atoms with Gasteiger partial charge in [-0.05, 0) is 77.1 Å². The maximum absolute atomic E-state index is 6.54. The number of piperidine rings is 1. The average molecular weight is 383 g/mol. The van der Waals surface area contributed by atoms with Gasteiger partial charge in [0.05, 0.1) is 12.1 Å². The number of allylic oxidation sites excluding steroid dienone is 1. The van der Waals surface area contributed by atoms with E-state index in [2.05, 4.69) is 36.3 Å². The predicted octanol–water partition coefficient (Wildman–Crippen LogP) is 3.51. The molecule has 4 rings (SSSR count). The Morgan fingerprint density at radius 2 is 2.00 bits per heavy atom. The molecule has 3 aliphatic rings. The van der Waals surface area contributed by atoms with Crippen LogP contribution in [-0.2, 0) is 6.42 Å². The van der Waals surface area contributed by atoms with Gasteiger partial charge in [-0.25, -0.2) is 0 Å². The molecule has 1 aliphatic carbocycles. The van der Waals surface area contributed by atoms with Crippen LogP contribution < -0.4 is 20.7 Å². The summed E-state index contributed by atoms with van der Waals surface area (Å²) in [7, 11) is 2.19. The number of benzene rings is 1. The zero-order valence-electron chi connectivity index (χ0n) is 17.3. The van der Waals surface area contributed by atoms with Crippen molar-refractivity contribution >= 4 is 17.5 Å². The number of hydrogen-bond acceptors (Lipinski definition) is 5. The van der Waals surface area contributed by atoms with Gasteiger partial charge in [-0.15, -0.1) is 0 Å². The van der Waals surface area contributed by atoms with Crippen molar-refractivity contribution in [2.45, 2.75) is 70.1 Å². The van der Waals surface area contributed by atoms with Crippen LogP contribution in [0.1, 0.15) is 56.6 Å². The van der Waals surface area contributed by atoms with Gasteiger partial charge in [0.15, 0.2) is 0 Å². The van der Waals surface area contributed by atoms with Crippen molar-refractivity contribution in [1.29, 1.82) is 0 Å². The second-order valence-electron chi connectivity index (χ2n) is 8.49. The zero-order chi connectivity index (χ0) is 19.5. The second-order valence-corrected chi connectivity index (χ2v) is 8.49. The van der Waals surface area contributed by atoms with E-state index in [9.17, 15) is 0 Å². The fourth-order valence-corrected chi connectivity index (χ4v) is 4.33. The highest BCUT2D eigenvalue weighted by atomic mass is 16.5. The van der Waals surface area contributed by atoms with Gasteiger partial charge in [-0.2, -0.15) is 0 Å². The number of nitrogens with two attached hydrogens (primary N) is 1. The Labute approximate surface area is 169 Å². The number of nitrogens with zero attached hydrogens (tertiary/aromatic N) is 2. The maximum atomic E-state index is 6.54. The standard InChI is InChI=1S/C23H34N4O/c1-16-6-7-21-22(27(16)2)9-8-20(23(21)28-19-4-3-5-19)17(14-24)15-26-18-10-12-25-13-11-18/h8-9,14-16,18-19,25H,3-7,10-13,24H2,1-2H3/b17-14+,26-15?. The van der Waals surface area contributed by atoms with E-state index < -0.39 is 0 Å². The van der Waals surface area contributed by atoms with E-state index in [1.54, 1.807) is 6.20 Å². The summed E-state index contributed by atoms with van der Waals surface area (Å²) in [6.45, 7) is 4.38. The smallest absolute Gasteiger partial charge is 0.132 e.